The van der Waals surface area contributed by atoms with Gasteiger partial charge in [-0.2, -0.15) is 5.10 Å². The van der Waals surface area contributed by atoms with Gasteiger partial charge in [-0.1, -0.05) is 11.8 Å². The summed E-state index contributed by atoms with van der Waals surface area (Å²) in [6.07, 6.45) is 0.884. The van der Waals surface area contributed by atoms with E-state index < -0.39 is 17.5 Å². The number of hydrogen-bond acceptors (Lipinski definition) is 5. The van der Waals surface area contributed by atoms with Gasteiger partial charge in [-0.3, -0.25) is 4.79 Å². The Morgan fingerprint density at radius 2 is 2.15 bits per heavy atom. The van der Waals surface area contributed by atoms with E-state index in [9.17, 15) is 18.0 Å². The topological polar surface area (TPSA) is 63.1 Å². The Bertz CT molecular complexity index is 619. The Morgan fingerprint density at radius 1 is 1.40 bits per heavy atom. The first-order valence-electron chi connectivity index (χ1n) is 5.28. The number of carbonyl (C=O) groups excluding carboxylic acids is 1. The first-order chi connectivity index (χ1) is 9.52. The van der Waals surface area contributed by atoms with E-state index in [2.05, 4.69) is 15.5 Å². The summed E-state index contributed by atoms with van der Waals surface area (Å²) in [5.41, 5.74) is -0.370. The Kier molecular flexibility index (Phi) is 4.28. The maximum absolute atomic E-state index is 13.6. The number of amides is 1. The van der Waals surface area contributed by atoms with Crippen LogP contribution in [0.3, 0.4) is 0 Å². The molecule has 0 aromatic heterocycles. The summed E-state index contributed by atoms with van der Waals surface area (Å²) < 4.78 is 44.4. The van der Waals surface area contributed by atoms with Crippen LogP contribution in [0, 0.1) is 17.5 Å². The zero-order valence-electron chi connectivity index (χ0n) is 10.1. The van der Waals surface area contributed by atoms with Crippen molar-refractivity contribution in [2.24, 2.45) is 10.2 Å². The van der Waals surface area contributed by atoms with Crippen molar-refractivity contribution in [1.29, 1.82) is 0 Å². The Labute approximate surface area is 115 Å². The van der Waals surface area contributed by atoms with Crippen LogP contribution in [0.5, 0.6) is 5.75 Å². The molecule has 1 aliphatic rings. The van der Waals surface area contributed by atoms with Crippen molar-refractivity contribution in [1.82, 2.24) is 5.32 Å². The van der Waals surface area contributed by atoms with Crippen molar-refractivity contribution in [3.63, 3.8) is 0 Å². The number of thioether (sulfide) groups is 1. The third-order valence-electron chi connectivity index (χ3n) is 2.30. The lowest BCUT2D eigenvalue weighted by Gasteiger charge is -2.06. The summed E-state index contributed by atoms with van der Waals surface area (Å²) in [5.74, 6) is -4.62. The number of hydrogen-bond donors (Lipinski definition) is 1. The Hall–Kier alpha value is -2.03. The molecule has 1 fully saturated rings. The van der Waals surface area contributed by atoms with Crippen molar-refractivity contribution < 1.29 is 22.7 Å². The molecule has 0 radical (unpaired) electrons. The lowest BCUT2D eigenvalue weighted by molar-refractivity contribution is -0.116. The molecular formula is C11H8F3N3O2S. The molecule has 106 valence electrons. The van der Waals surface area contributed by atoms with Crippen LogP contribution in [0.4, 0.5) is 13.2 Å². The number of nitrogens with one attached hydrogen (secondary N) is 1. The molecule has 9 heteroatoms. The lowest BCUT2D eigenvalue weighted by Crippen LogP contribution is -2.19. The fourth-order valence-electron chi connectivity index (χ4n) is 1.39. The third-order valence-corrected chi connectivity index (χ3v) is 3.17. The number of methoxy groups -OCH3 is 1. The van der Waals surface area contributed by atoms with Crippen molar-refractivity contribution in [3.05, 3.63) is 29.1 Å². The second-order valence-corrected chi connectivity index (χ2v) is 4.55. The largest absolute Gasteiger partial charge is 0.496 e. The average molecular weight is 303 g/mol. The Morgan fingerprint density at radius 3 is 2.75 bits per heavy atom. The maximum Gasteiger partial charge on any atom is 0.236 e. The molecule has 0 spiro atoms. The van der Waals surface area contributed by atoms with E-state index in [1.54, 1.807) is 0 Å². The molecule has 0 atom stereocenters. The predicted molar refractivity (Wildman–Crippen MR) is 68.5 cm³/mol. The standard InChI is InChI=1S/C11H8F3N3O2S/c1-19-7-2-6(12)10(14)9(13)5(7)3-15-17-11-16-8(18)4-20-11/h2-3H,4H2,1H3,(H,16,17,18). The first kappa shape index (κ1) is 14.4. The second-order valence-electron chi connectivity index (χ2n) is 3.59. The number of rotatable bonds is 3. The molecule has 1 aromatic carbocycles. The van der Waals surface area contributed by atoms with E-state index in [1.165, 1.54) is 7.11 Å². The summed E-state index contributed by atoms with van der Waals surface area (Å²) in [5, 5.41) is 9.78. The van der Waals surface area contributed by atoms with Crippen molar-refractivity contribution in [2.45, 2.75) is 0 Å². The fraction of sp³-hybridized carbons (Fsp3) is 0.182. The molecule has 1 heterocycles. The highest BCUT2D eigenvalue weighted by atomic mass is 32.2. The van der Waals surface area contributed by atoms with Gasteiger partial charge in [-0.15, -0.1) is 5.10 Å². The van der Waals surface area contributed by atoms with Gasteiger partial charge in [-0.25, -0.2) is 13.2 Å². The van der Waals surface area contributed by atoms with Gasteiger partial charge in [0, 0.05) is 6.07 Å². The lowest BCUT2D eigenvalue weighted by atomic mass is 10.2. The molecule has 1 aromatic rings. The molecule has 1 aliphatic heterocycles. The summed E-state index contributed by atoms with van der Waals surface area (Å²) in [6.45, 7) is 0. The molecule has 1 N–H and O–H groups in total. The summed E-state index contributed by atoms with van der Waals surface area (Å²) in [4.78, 5) is 10.9. The van der Waals surface area contributed by atoms with Gasteiger partial charge in [0.2, 0.25) is 5.91 Å². The van der Waals surface area contributed by atoms with E-state index in [0.29, 0.717) is 6.07 Å². The van der Waals surface area contributed by atoms with E-state index in [-0.39, 0.29) is 28.1 Å². The first-order valence-corrected chi connectivity index (χ1v) is 6.26. The smallest absolute Gasteiger partial charge is 0.236 e. The number of benzene rings is 1. The molecule has 5 nitrogen and oxygen atoms in total. The highest BCUT2D eigenvalue weighted by molar-refractivity contribution is 8.15. The van der Waals surface area contributed by atoms with Crippen LogP contribution in [0.15, 0.2) is 16.3 Å². The second kappa shape index (κ2) is 5.95. The van der Waals surface area contributed by atoms with E-state index in [1.807, 2.05) is 0 Å². The SMILES string of the molecule is COc1cc(F)c(F)c(F)c1C=NN=C1NC(=O)CS1. The zero-order chi connectivity index (χ0) is 14.7. The third kappa shape index (κ3) is 2.93. The van der Waals surface area contributed by atoms with Gasteiger partial charge < -0.3 is 10.1 Å². The molecular weight excluding hydrogens is 295 g/mol. The molecule has 0 bridgehead atoms. The van der Waals surface area contributed by atoms with Crippen LogP contribution in [-0.2, 0) is 4.79 Å². The van der Waals surface area contributed by atoms with Gasteiger partial charge in [0.05, 0.1) is 24.6 Å². The van der Waals surface area contributed by atoms with Crippen LogP contribution in [0.1, 0.15) is 5.56 Å². The molecule has 0 aliphatic carbocycles. The fourth-order valence-corrected chi connectivity index (χ4v) is 2.03. The van der Waals surface area contributed by atoms with Gasteiger partial charge in [0.15, 0.2) is 22.6 Å². The highest BCUT2D eigenvalue weighted by Gasteiger charge is 2.19. The summed E-state index contributed by atoms with van der Waals surface area (Å²) >= 11 is 1.12. The minimum atomic E-state index is -1.62. The molecule has 1 amide bonds. The van der Waals surface area contributed by atoms with Gasteiger partial charge in [-0.05, 0) is 0 Å². The summed E-state index contributed by atoms with van der Waals surface area (Å²) in [6, 6.07) is 0.707. The quantitative estimate of drug-likeness (QED) is 0.525. The van der Waals surface area contributed by atoms with Crippen molar-refractivity contribution in [2.75, 3.05) is 12.9 Å². The minimum absolute atomic E-state index is 0.214. The van der Waals surface area contributed by atoms with Gasteiger partial charge in [0.25, 0.3) is 0 Å². The molecule has 1 saturated heterocycles. The van der Waals surface area contributed by atoms with Gasteiger partial charge >= 0.3 is 0 Å². The van der Waals surface area contributed by atoms with E-state index in [4.69, 9.17) is 4.74 Å². The highest BCUT2D eigenvalue weighted by Crippen LogP contribution is 2.24. The zero-order valence-corrected chi connectivity index (χ0v) is 10.9. The monoisotopic (exact) mass is 303 g/mol. The van der Waals surface area contributed by atoms with E-state index >= 15 is 0 Å². The number of amidine groups is 1. The van der Waals surface area contributed by atoms with Crippen LogP contribution in [0.25, 0.3) is 0 Å². The predicted octanol–water partition coefficient (Wildman–Crippen LogP) is 1.67. The average Bonchev–Trinajstić information content (AvgIpc) is 2.84. The normalized spacial score (nSPS) is 17.0. The van der Waals surface area contributed by atoms with Gasteiger partial charge in [0.1, 0.15) is 5.75 Å². The maximum atomic E-state index is 13.6. The summed E-state index contributed by atoms with van der Waals surface area (Å²) in [7, 11) is 1.18. The number of halogens is 3. The molecule has 2 rings (SSSR count). The molecule has 20 heavy (non-hydrogen) atoms. The van der Waals surface area contributed by atoms with Crippen LogP contribution in [0.2, 0.25) is 0 Å². The number of nitrogens with zero attached hydrogens (tertiary/aromatic N) is 2. The minimum Gasteiger partial charge on any atom is -0.496 e. The van der Waals surface area contributed by atoms with Crippen molar-refractivity contribution in [3.8, 4) is 5.75 Å². The number of carbonyl (C=O) groups is 1. The van der Waals surface area contributed by atoms with Crippen LogP contribution < -0.4 is 10.1 Å². The van der Waals surface area contributed by atoms with E-state index in [0.717, 1.165) is 18.0 Å². The molecule has 0 saturated carbocycles. The van der Waals surface area contributed by atoms with Crippen LogP contribution in [-0.4, -0.2) is 30.2 Å². The van der Waals surface area contributed by atoms with Crippen LogP contribution >= 0.6 is 11.8 Å². The van der Waals surface area contributed by atoms with Crippen molar-refractivity contribution >= 4 is 29.1 Å². The Balaban J connectivity index is 2.29. The number of ether oxygens (including phenoxy) is 1. The molecule has 0 unspecified atom stereocenters.